The Labute approximate surface area is 102 Å². The number of ether oxygens (including phenoxy) is 1. The van der Waals surface area contributed by atoms with Crippen LogP contribution in [0.1, 0.15) is 17.3 Å². The summed E-state index contributed by atoms with van der Waals surface area (Å²) in [4.78, 5) is 21.4. The van der Waals surface area contributed by atoms with Gasteiger partial charge in [-0.05, 0) is 0 Å². The van der Waals surface area contributed by atoms with E-state index in [4.69, 9.17) is 4.74 Å². The van der Waals surface area contributed by atoms with Gasteiger partial charge in [0.25, 0.3) is 0 Å². The Morgan fingerprint density at radius 3 is 2.53 bits per heavy atom. The molecule has 0 saturated carbocycles. The van der Waals surface area contributed by atoms with Crippen molar-refractivity contribution in [1.82, 2.24) is 0 Å². The molecular weight excluding hydrogens is 390 g/mol. The van der Waals surface area contributed by atoms with E-state index < -0.39 is 4.92 Å². The molecule has 1 rings (SSSR count). The Morgan fingerprint density at radius 2 is 2.13 bits per heavy atom. The molecule has 76 valence electrons. The first-order chi connectivity index (χ1) is 6.97. The third-order valence-corrected chi connectivity index (χ3v) is 3.68. The molecule has 0 fully saturated rings. The van der Waals surface area contributed by atoms with E-state index in [1.807, 2.05) is 0 Å². The fraction of sp³-hybridized carbons (Fsp3) is 0.222. The second-order valence-corrected chi connectivity index (χ2v) is 5.34. The third-order valence-electron chi connectivity index (χ3n) is 1.92. The molecule has 0 unspecified atom stereocenters. The summed E-state index contributed by atoms with van der Waals surface area (Å²) in [6.45, 7) is 1.30. The van der Waals surface area contributed by atoms with Crippen LogP contribution in [0, 0.1) is 10.1 Å². The van der Waals surface area contributed by atoms with Crippen LogP contribution in [0.3, 0.4) is 0 Å². The number of Topliss-reactive ketones (excluding diaryl/α,β-unsaturated/α-hetero) is 1. The van der Waals surface area contributed by atoms with Crippen LogP contribution in [0.15, 0.2) is 12.1 Å². The Morgan fingerprint density at radius 1 is 1.53 bits per heavy atom. The molecule has 0 heterocycles. The SMILES string of the molecule is COc1cc(C(C)=O)c([N+](=O)[O-])c[c]1[Tl]. The van der Waals surface area contributed by atoms with Gasteiger partial charge in [-0.25, -0.2) is 0 Å². The summed E-state index contributed by atoms with van der Waals surface area (Å²) < 4.78 is 5.84. The van der Waals surface area contributed by atoms with Gasteiger partial charge in [0, 0.05) is 0 Å². The van der Waals surface area contributed by atoms with Crippen molar-refractivity contribution in [2.45, 2.75) is 6.92 Å². The molecular formula is C9H8NO4Tl. The molecule has 0 radical (unpaired) electrons. The van der Waals surface area contributed by atoms with Crippen LogP contribution in [-0.4, -0.2) is 43.6 Å². The van der Waals surface area contributed by atoms with E-state index in [1.165, 1.54) is 26.2 Å². The second kappa shape index (κ2) is 4.69. The number of nitro benzene ring substituents is 1. The van der Waals surface area contributed by atoms with Gasteiger partial charge in [0.05, 0.1) is 0 Å². The number of ketones is 1. The molecule has 6 heteroatoms. The van der Waals surface area contributed by atoms with E-state index >= 15 is 0 Å². The van der Waals surface area contributed by atoms with Crippen molar-refractivity contribution in [3.63, 3.8) is 0 Å². The molecule has 5 nitrogen and oxygen atoms in total. The molecule has 0 amide bonds. The van der Waals surface area contributed by atoms with Crippen LogP contribution >= 0.6 is 0 Å². The molecule has 15 heavy (non-hydrogen) atoms. The van der Waals surface area contributed by atoms with Gasteiger partial charge in [-0.1, -0.05) is 0 Å². The van der Waals surface area contributed by atoms with Crippen molar-refractivity contribution in [3.8, 4) is 5.75 Å². The summed E-state index contributed by atoms with van der Waals surface area (Å²) in [6, 6.07) is 2.86. The van der Waals surface area contributed by atoms with Gasteiger partial charge in [0.2, 0.25) is 0 Å². The van der Waals surface area contributed by atoms with Gasteiger partial charge < -0.3 is 0 Å². The number of methoxy groups -OCH3 is 1. The third kappa shape index (κ3) is 2.52. The average molecular weight is 399 g/mol. The molecule has 0 N–H and O–H groups in total. The topological polar surface area (TPSA) is 69.4 Å². The molecule has 0 spiro atoms. The zero-order chi connectivity index (χ0) is 11.6. The zero-order valence-electron chi connectivity index (χ0n) is 8.31. The van der Waals surface area contributed by atoms with Gasteiger partial charge in [0.15, 0.2) is 0 Å². The van der Waals surface area contributed by atoms with Crippen molar-refractivity contribution >= 4 is 40.4 Å². The number of hydrogen-bond donors (Lipinski definition) is 0. The van der Waals surface area contributed by atoms with Gasteiger partial charge in [-0.3, -0.25) is 0 Å². The first-order valence-corrected chi connectivity index (χ1v) is 6.34. The number of carbonyl (C=O) groups is 1. The summed E-state index contributed by atoms with van der Waals surface area (Å²) in [6.07, 6.45) is 0. The predicted molar refractivity (Wildman–Crippen MR) is 55.0 cm³/mol. The van der Waals surface area contributed by atoms with Crippen molar-refractivity contribution in [1.29, 1.82) is 0 Å². The van der Waals surface area contributed by atoms with Gasteiger partial charge in [0.1, 0.15) is 0 Å². The van der Waals surface area contributed by atoms with Crippen molar-refractivity contribution in [3.05, 3.63) is 27.8 Å². The number of nitrogens with zero attached hydrogens (tertiary/aromatic N) is 1. The minimum atomic E-state index is -0.540. The first kappa shape index (κ1) is 12.1. The minimum absolute atomic E-state index is 0.0984. The fourth-order valence-electron chi connectivity index (χ4n) is 1.19. The normalized spacial score (nSPS) is 9.67. The van der Waals surface area contributed by atoms with Crippen molar-refractivity contribution in [2.75, 3.05) is 7.11 Å². The maximum absolute atomic E-state index is 11.2. The summed E-state index contributed by atoms with van der Waals surface area (Å²) in [5.41, 5.74) is -0.0398. The van der Waals surface area contributed by atoms with Crippen LogP contribution in [0.2, 0.25) is 0 Å². The molecule has 1 aromatic carbocycles. The molecule has 0 atom stereocenters. The Kier molecular flexibility index (Phi) is 3.78. The van der Waals surface area contributed by atoms with Crippen LogP contribution in [0.25, 0.3) is 0 Å². The predicted octanol–water partition coefficient (Wildman–Crippen LogP) is 0.600. The summed E-state index contributed by atoms with van der Waals surface area (Å²) >= 11 is 0.421. The zero-order valence-corrected chi connectivity index (χ0v) is 12.8. The molecule has 0 saturated heterocycles. The number of benzene rings is 1. The number of carbonyl (C=O) groups excluding carboxylic acids is 1. The van der Waals surface area contributed by atoms with Gasteiger partial charge >= 0.3 is 102 Å². The average Bonchev–Trinajstić information content (AvgIpc) is 2.16. The molecule has 1 aromatic rings. The standard InChI is InChI=1S/C9H8NO4.Tl/c1-6(11)8-5-7(14-2)3-4-9(8)10(12)13;/h4-5H,1-2H3;. The van der Waals surface area contributed by atoms with E-state index in [2.05, 4.69) is 0 Å². The second-order valence-electron chi connectivity index (χ2n) is 2.92. The van der Waals surface area contributed by atoms with Gasteiger partial charge in [-0.2, -0.15) is 0 Å². The summed E-state index contributed by atoms with van der Waals surface area (Å²) in [5, 5.41) is 10.7. The van der Waals surface area contributed by atoms with Crippen molar-refractivity contribution in [2.24, 2.45) is 0 Å². The van der Waals surface area contributed by atoms with Gasteiger partial charge in [-0.15, -0.1) is 0 Å². The molecule has 0 aliphatic rings. The number of rotatable bonds is 3. The summed E-state index contributed by atoms with van der Waals surface area (Å²) in [7, 11) is 1.48. The van der Waals surface area contributed by atoms with E-state index in [9.17, 15) is 14.9 Å². The quantitative estimate of drug-likeness (QED) is 0.324. The monoisotopic (exact) mass is 399 g/mol. The Bertz CT molecular complexity index is 430. The van der Waals surface area contributed by atoms with Crippen molar-refractivity contribution < 1.29 is 14.5 Å². The van der Waals surface area contributed by atoms with Crippen LogP contribution in [0.4, 0.5) is 5.69 Å². The van der Waals surface area contributed by atoms with E-state index in [0.717, 1.165) is 3.12 Å². The molecule has 0 bridgehead atoms. The Hall–Kier alpha value is -0.988. The maximum atomic E-state index is 11.2. The molecule has 0 aliphatic heterocycles. The Balaban J connectivity index is 3.45. The van der Waals surface area contributed by atoms with E-state index in [1.54, 1.807) is 0 Å². The van der Waals surface area contributed by atoms with Crippen LogP contribution < -0.4 is 7.86 Å². The molecule has 0 aliphatic carbocycles. The van der Waals surface area contributed by atoms with E-state index in [-0.39, 0.29) is 17.0 Å². The number of hydrogen-bond acceptors (Lipinski definition) is 4. The fourth-order valence-corrected chi connectivity index (χ4v) is 2.59. The summed E-state index contributed by atoms with van der Waals surface area (Å²) in [5.74, 6) is 0.223. The molecule has 0 aromatic heterocycles. The van der Waals surface area contributed by atoms with Crippen LogP contribution in [0.5, 0.6) is 5.75 Å². The first-order valence-electron chi connectivity index (χ1n) is 4.10. The van der Waals surface area contributed by atoms with Crippen LogP contribution in [-0.2, 0) is 0 Å². The van der Waals surface area contributed by atoms with E-state index in [0.29, 0.717) is 31.5 Å². The number of nitro groups is 1.